The molecule has 0 rings (SSSR count). The molecule has 3 atom stereocenters. The van der Waals surface area contributed by atoms with Gasteiger partial charge in [-0.15, -0.1) is 0 Å². The molecular formula is C6H13N3O3. The minimum absolute atomic E-state index is 0.183. The van der Waals surface area contributed by atoms with Gasteiger partial charge in [0, 0.05) is 1.37 Å². The molecular weight excluding hydrogens is 162 g/mol. The van der Waals surface area contributed by atoms with Crippen LogP contribution in [0.4, 0.5) is 0 Å². The van der Waals surface area contributed by atoms with Crippen LogP contribution in [0.2, 0.25) is 0 Å². The number of nitrogens with two attached hydrogens (primary N) is 3. The van der Waals surface area contributed by atoms with Crippen molar-refractivity contribution in [2.45, 2.75) is 12.4 Å². The number of carbonyl (C=O) groups is 2. The van der Waals surface area contributed by atoms with E-state index in [0.29, 0.717) is 0 Å². The largest absolute Gasteiger partial charge is 0.481 e. The Balaban J connectivity index is 4.60. The molecule has 7 N–H and O–H groups in total. The minimum atomic E-state index is -1.37. The molecule has 70 valence electrons. The van der Waals surface area contributed by atoms with Gasteiger partial charge in [0.25, 0.3) is 0 Å². The summed E-state index contributed by atoms with van der Waals surface area (Å²) in [7, 11) is 0. The fourth-order valence-corrected chi connectivity index (χ4v) is 0.725. The second-order valence-corrected chi connectivity index (χ2v) is 2.26. The van der Waals surface area contributed by atoms with Crippen molar-refractivity contribution in [3.8, 4) is 0 Å². The van der Waals surface area contributed by atoms with Gasteiger partial charge < -0.3 is 22.3 Å². The van der Waals surface area contributed by atoms with Gasteiger partial charge in [0.2, 0.25) is 5.91 Å². The number of aliphatic carboxylic acids is 1. The first-order chi connectivity index (χ1) is 5.91. The monoisotopic (exact) mass is 176 g/mol. The molecule has 0 heterocycles. The molecule has 12 heavy (non-hydrogen) atoms. The number of primary amides is 1. The fraction of sp³-hybridized carbons (Fsp3) is 0.667. The van der Waals surface area contributed by atoms with E-state index < -0.39 is 30.2 Å². The first kappa shape index (κ1) is 8.95. The van der Waals surface area contributed by atoms with Crippen molar-refractivity contribution in [3.05, 3.63) is 0 Å². The Morgan fingerprint density at radius 3 is 2.33 bits per heavy atom. The van der Waals surface area contributed by atoms with E-state index in [4.69, 9.17) is 23.7 Å². The van der Waals surface area contributed by atoms with Gasteiger partial charge in [-0.2, -0.15) is 0 Å². The van der Waals surface area contributed by atoms with Crippen molar-refractivity contribution in [1.82, 2.24) is 0 Å². The highest BCUT2D eigenvalue weighted by atomic mass is 16.4. The number of carbonyl (C=O) groups excluding carboxylic acids is 1. The van der Waals surface area contributed by atoms with E-state index in [2.05, 4.69) is 0 Å². The molecule has 0 radical (unpaired) electrons. The van der Waals surface area contributed by atoms with Crippen LogP contribution in [0.3, 0.4) is 0 Å². The van der Waals surface area contributed by atoms with Crippen LogP contribution in [0.1, 0.15) is 7.77 Å². The van der Waals surface area contributed by atoms with E-state index in [0.717, 1.165) is 0 Å². The van der Waals surface area contributed by atoms with Crippen LogP contribution in [0.15, 0.2) is 0 Å². The van der Waals surface area contributed by atoms with Crippen LogP contribution in [-0.2, 0) is 9.59 Å². The lowest BCUT2D eigenvalue weighted by Crippen LogP contribution is -2.46. The predicted octanol–water partition coefficient (Wildman–Crippen LogP) is -2.15. The average Bonchev–Trinajstić information content (AvgIpc) is 2.03. The Labute approximate surface area is 71.1 Å². The van der Waals surface area contributed by atoms with Crippen LogP contribution in [0.25, 0.3) is 0 Å². The molecule has 0 aromatic carbocycles. The summed E-state index contributed by atoms with van der Waals surface area (Å²) < 4.78 is 7.24. The van der Waals surface area contributed by atoms with Crippen LogP contribution < -0.4 is 17.2 Å². The lowest BCUT2D eigenvalue weighted by atomic mass is 9.96. The van der Waals surface area contributed by atoms with Crippen molar-refractivity contribution < 1.29 is 16.1 Å². The summed E-state index contributed by atoms with van der Waals surface area (Å²) >= 11 is 0. The number of carboxylic acids is 1. The van der Waals surface area contributed by atoms with Crippen molar-refractivity contribution in [1.29, 1.82) is 0 Å². The van der Waals surface area contributed by atoms with Gasteiger partial charge in [0.15, 0.2) is 0 Å². The highest BCUT2D eigenvalue weighted by molar-refractivity contribution is 5.86. The maximum absolute atomic E-state index is 10.6. The van der Waals surface area contributed by atoms with Crippen molar-refractivity contribution >= 4 is 11.9 Å². The third-order valence-electron chi connectivity index (χ3n) is 1.39. The number of hydrogen-bond donors (Lipinski definition) is 4. The van der Waals surface area contributed by atoms with Gasteiger partial charge in [-0.3, -0.25) is 9.59 Å². The van der Waals surface area contributed by atoms with Gasteiger partial charge in [-0.1, -0.05) is 0 Å². The molecule has 6 heteroatoms. The molecule has 2 unspecified atom stereocenters. The number of carboxylic acid groups (broad SMARTS) is 1. The smallest absolute Gasteiger partial charge is 0.308 e. The van der Waals surface area contributed by atoms with Crippen molar-refractivity contribution in [3.63, 3.8) is 0 Å². The zero-order chi connectivity index (χ0) is 10.6. The Morgan fingerprint density at radius 1 is 1.58 bits per heavy atom. The Morgan fingerprint density at radius 2 is 2.08 bits per heavy atom. The quantitative estimate of drug-likeness (QED) is 0.379. The van der Waals surface area contributed by atoms with Crippen molar-refractivity contribution in [2.24, 2.45) is 23.1 Å². The van der Waals surface area contributed by atoms with E-state index in [1.807, 2.05) is 0 Å². The Kier molecular flexibility index (Phi) is 3.49. The van der Waals surface area contributed by atoms with Gasteiger partial charge in [0.05, 0.1) is 12.0 Å². The van der Waals surface area contributed by atoms with Crippen LogP contribution >= 0.6 is 0 Å². The van der Waals surface area contributed by atoms with Gasteiger partial charge >= 0.3 is 5.97 Å². The molecule has 0 bridgehead atoms. The normalized spacial score (nSPS) is 19.0. The first-order valence-corrected chi connectivity index (χ1v) is 3.31. The maximum atomic E-state index is 10.6. The van der Waals surface area contributed by atoms with Crippen LogP contribution in [-0.4, -0.2) is 29.6 Å². The topological polar surface area (TPSA) is 132 Å². The number of hydrogen-bond acceptors (Lipinski definition) is 4. The van der Waals surface area contributed by atoms with E-state index in [1.54, 1.807) is 0 Å². The third kappa shape index (κ3) is 2.85. The lowest BCUT2D eigenvalue weighted by Gasteiger charge is -2.15. The number of rotatable bonds is 5. The lowest BCUT2D eigenvalue weighted by molar-refractivity contribution is -0.144. The third-order valence-corrected chi connectivity index (χ3v) is 1.39. The molecule has 0 saturated heterocycles. The summed E-state index contributed by atoms with van der Waals surface area (Å²) in [6.07, 6.45) is -1.13. The zero-order valence-electron chi connectivity index (χ0n) is 7.43. The summed E-state index contributed by atoms with van der Waals surface area (Å²) in [5.74, 6) is -3.63. The molecule has 0 aliphatic carbocycles. The van der Waals surface area contributed by atoms with E-state index in [1.165, 1.54) is 0 Å². The molecule has 0 aliphatic rings. The average molecular weight is 176 g/mol. The SMILES string of the molecule is [2H]C(CN)C(C(=O)O)[C@H](N)C(N)=O. The van der Waals surface area contributed by atoms with Crippen LogP contribution in [0.5, 0.6) is 0 Å². The molecule has 0 aromatic heterocycles. The summed E-state index contributed by atoms with van der Waals surface area (Å²) in [6.45, 7) is -0.183. The van der Waals surface area contributed by atoms with E-state index in [-0.39, 0.29) is 6.54 Å². The maximum Gasteiger partial charge on any atom is 0.308 e. The molecule has 0 aliphatic heterocycles. The predicted molar refractivity (Wildman–Crippen MR) is 42.0 cm³/mol. The second-order valence-electron chi connectivity index (χ2n) is 2.26. The highest BCUT2D eigenvalue weighted by Gasteiger charge is 2.28. The first-order valence-electron chi connectivity index (χ1n) is 3.89. The van der Waals surface area contributed by atoms with E-state index in [9.17, 15) is 9.59 Å². The fourth-order valence-electron chi connectivity index (χ4n) is 0.725. The molecule has 1 amide bonds. The summed E-state index contributed by atoms with van der Waals surface area (Å²) in [5.41, 5.74) is 15.1. The van der Waals surface area contributed by atoms with Gasteiger partial charge in [0.1, 0.15) is 0 Å². The van der Waals surface area contributed by atoms with Gasteiger partial charge in [-0.25, -0.2) is 0 Å². The van der Waals surface area contributed by atoms with Crippen molar-refractivity contribution in [2.75, 3.05) is 6.54 Å². The van der Waals surface area contributed by atoms with E-state index >= 15 is 0 Å². The summed E-state index contributed by atoms with van der Waals surface area (Å²) in [4.78, 5) is 21.2. The standard InChI is InChI=1S/C6H13N3O3/c7-2-1-3(6(11)12)4(8)5(9)10/h3-4H,1-2,7-8H2,(H2,9,10)(H,11,12)/t3?,4-/m0/s1/i1D/t1?,3?,4-. The minimum Gasteiger partial charge on any atom is -0.481 e. The number of amides is 1. The molecule has 0 spiro atoms. The van der Waals surface area contributed by atoms with Gasteiger partial charge in [-0.05, 0) is 12.9 Å². The zero-order valence-corrected chi connectivity index (χ0v) is 6.43. The Hall–Kier alpha value is -1.14. The molecule has 0 aromatic rings. The Bertz CT molecular complexity index is 211. The highest BCUT2D eigenvalue weighted by Crippen LogP contribution is 2.06. The summed E-state index contributed by atoms with van der Waals surface area (Å²) in [6, 6.07) is -1.37. The second kappa shape index (κ2) is 4.68. The van der Waals surface area contributed by atoms with Crippen LogP contribution in [0, 0.1) is 5.92 Å². The molecule has 0 saturated carbocycles. The molecule has 0 fully saturated rings. The summed E-state index contributed by atoms with van der Waals surface area (Å²) in [5, 5.41) is 8.63. The molecule has 6 nitrogen and oxygen atoms in total.